The van der Waals surface area contributed by atoms with Gasteiger partial charge in [0, 0.05) is 43.5 Å². The van der Waals surface area contributed by atoms with Crippen LogP contribution in [0.1, 0.15) is 50.2 Å². The van der Waals surface area contributed by atoms with Crippen LogP contribution in [0.15, 0.2) is 48.5 Å². The normalized spacial score (nSPS) is 13.5. The van der Waals surface area contributed by atoms with Crippen LogP contribution in [-0.2, 0) is 16.1 Å². The molecule has 7 nitrogen and oxygen atoms in total. The van der Waals surface area contributed by atoms with Crippen molar-refractivity contribution in [3.8, 4) is 5.75 Å². The minimum Gasteiger partial charge on any atom is -0.494 e. The van der Waals surface area contributed by atoms with Crippen LogP contribution in [0, 0.1) is 6.92 Å². The quantitative estimate of drug-likeness (QED) is 0.458. The molecular formula is C28H34N4O3. The van der Waals surface area contributed by atoms with E-state index in [4.69, 9.17) is 9.72 Å². The third kappa shape index (κ3) is 6.72. The summed E-state index contributed by atoms with van der Waals surface area (Å²) in [5.74, 6) is 1.50. The van der Waals surface area contributed by atoms with E-state index in [1.165, 1.54) is 19.3 Å². The summed E-state index contributed by atoms with van der Waals surface area (Å²) in [5.41, 5.74) is 3.76. The molecule has 0 atom stereocenters. The van der Waals surface area contributed by atoms with Crippen LogP contribution >= 0.6 is 0 Å². The van der Waals surface area contributed by atoms with Gasteiger partial charge in [-0.3, -0.25) is 9.59 Å². The molecule has 2 N–H and O–H groups in total. The van der Waals surface area contributed by atoms with Crippen LogP contribution in [0.5, 0.6) is 5.75 Å². The van der Waals surface area contributed by atoms with Crippen LogP contribution in [0.2, 0.25) is 0 Å². The number of aromatic nitrogens is 1. The highest BCUT2D eigenvalue weighted by Gasteiger charge is 2.14. The lowest BCUT2D eigenvalue weighted by Gasteiger charge is -2.28. The van der Waals surface area contributed by atoms with E-state index in [-0.39, 0.29) is 24.7 Å². The molecule has 2 amide bonds. The van der Waals surface area contributed by atoms with Gasteiger partial charge in [0.15, 0.2) is 0 Å². The number of pyridine rings is 1. The number of piperidine rings is 1. The molecule has 7 heteroatoms. The number of hydrogen-bond acceptors (Lipinski definition) is 5. The van der Waals surface area contributed by atoms with E-state index in [0.717, 1.165) is 46.7 Å². The Morgan fingerprint density at radius 1 is 0.971 bits per heavy atom. The zero-order chi connectivity index (χ0) is 24.6. The number of nitrogens with zero attached hydrogens (tertiary/aromatic N) is 2. The van der Waals surface area contributed by atoms with Crippen LogP contribution in [0.4, 0.5) is 11.5 Å². The first-order valence-electron chi connectivity index (χ1n) is 12.5. The van der Waals surface area contributed by atoms with Gasteiger partial charge in [-0.25, -0.2) is 4.98 Å². The van der Waals surface area contributed by atoms with Gasteiger partial charge < -0.3 is 20.3 Å². The number of anilines is 2. The standard InChI is InChI=1S/C28H34N4O3/c1-3-35-23-10-7-21(8-11-23)19-29-27(33)13-14-28(34)30-22-9-12-25-24(18-22)20(2)17-26(31-25)32-15-5-4-6-16-32/h7-12,17-18H,3-6,13-16,19H2,1-2H3,(H,29,33)(H,30,34). The lowest BCUT2D eigenvalue weighted by atomic mass is 10.1. The Bertz CT molecular complexity index is 1170. The maximum absolute atomic E-state index is 12.4. The first-order chi connectivity index (χ1) is 17.0. The second-order valence-electron chi connectivity index (χ2n) is 8.98. The smallest absolute Gasteiger partial charge is 0.224 e. The number of carbonyl (C=O) groups is 2. The van der Waals surface area contributed by atoms with Crippen molar-refractivity contribution in [1.29, 1.82) is 0 Å². The van der Waals surface area contributed by atoms with Crippen molar-refractivity contribution in [2.24, 2.45) is 0 Å². The molecule has 1 aromatic heterocycles. The Labute approximate surface area is 206 Å². The maximum Gasteiger partial charge on any atom is 0.224 e. The molecule has 1 aliphatic heterocycles. The van der Waals surface area contributed by atoms with Gasteiger partial charge in [-0.1, -0.05) is 12.1 Å². The molecule has 35 heavy (non-hydrogen) atoms. The maximum atomic E-state index is 12.4. The second-order valence-corrected chi connectivity index (χ2v) is 8.98. The average molecular weight is 475 g/mol. The van der Waals surface area contributed by atoms with E-state index < -0.39 is 0 Å². The molecule has 0 radical (unpaired) electrons. The summed E-state index contributed by atoms with van der Waals surface area (Å²) < 4.78 is 5.42. The lowest BCUT2D eigenvalue weighted by molar-refractivity contribution is -0.124. The molecule has 0 spiro atoms. The van der Waals surface area contributed by atoms with Crippen molar-refractivity contribution in [3.05, 3.63) is 59.7 Å². The van der Waals surface area contributed by atoms with Crippen molar-refractivity contribution < 1.29 is 14.3 Å². The lowest BCUT2D eigenvalue weighted by Crippen LogP contribution is -2.30. The molecule has 2 aromatic carbocycles. The SMILES string of the molecule is CCOc1ccc(CNC(=O)CCC(=O)Nc2ccc3nc(N4CCCCC4)cc(C)c3c2)cc1. The summed E-state index contributed by atoms with van der Waals surface area (Å²) in [4.78, 5) is 31.8. The molecule has 0 aliphatic carbocycles. The molecule has 184 valence electrons. The summed E-state index contributed by atoms with van der Waals surface area (Å²) in [6.45, 7) is 7.17. The molecule has 1 aliphatic rings. The minimum absolute atomic E-state index is 0.123. The highest BCUT2D eigenvalue weighted by molar-refractivity contribution is 5.96. The van der Waals surface area contributed by atoms with Crippen molar-refractivity contribution in [3.63, 3.8) is 0 Å². The fourth-order valence-electron chi connectivity index (χ4n) is 4.35. The number of rotatable bonds is 9. The molecule has 3 aromatic rings. The van der Waals surface area contributed by atoms with Crippen LogP contribution < -0.4 is 20.3 Å². The van der Waals surface area contributed by atoms with Gasteiger partial charge in [-0.15, -0.1) is 0 Å². The Hall–Kier alpha value is -3.61. The number of aryl methyl sites for hydroxylation is 1. The average Bonchev–Trinajstić information content (AvgIpc) is 2.88. The molecule has 4 rings (SSSR count). The number of benzene rings is 2. The zero-order valence-electron chi connectivity index (χ0n) is 20.6. The van der Waals surface area contributed by atoms with Gasteiger partial charge in [-0.2, -0.15) is 0 Å². The zero-order valence-corrected chi connectivity index (χ0v) is 20.6. The van der Waals surface area contributed by atoms with Crippen molar-refractivity contribution in [2.75, 3.05) is 29.9 Å². The predicted molar refractivity (Wildman–Crippen MR) is 140 cm³/mol. The van der Waals surface area contributed by atoms with Crippen molar-refractivity contribution in [2.45, 2.75) is 52.5 Å². The van der Waals surface area contributed by atoms with Gasteiger partial charge in [0.2, 0.25) is 11.8 Å². The molecule has 1 saturated heterocycles. The summed E-state index contributed by atoms with van der Waals surface area (Å²) in [7, 11) is 0. The number of amides is 2. The Kier molecular flexibility index (Phi) is 8.19. The second kappa shape index (κ2) is 11.7. The van der Waals surface area contributed by atoms with Gasteiger partial charge in [-0.05, 0) is 80.6 Å². The fourth-order valence-corrected chi connectivity index (χ4v) is 4.35. The van der Waals surface area contributed by atoms with E-state index >= 15 is 0 Å². The summed E-state index contributed by atoms with van der Waals surface area (Å²) in [6.07, 6.45) is 3.97. The number of nitrogens with one attached hydrogen (secondary N) is 2. The number of hydrogen-bond donors (Lipinski definition) is 2. The van der Waals surface area contributed by atoms with Crippen LogP contribution in [0.25, 0.3) is 10.9 Å². The van der Waals surface area contributed by atoms with Crippen LogP contribution in [-0.4, -0.2) is 36.5 Å². The molecular weight excluding hydrogens is 440 g/mol. The summed E-state index contributed by atoms with van der Waals surface area (Å²) in [6, 6.07) is 15.5. The molecule has 0 saturated carbocycles. The van der Waals surface area contributed by atoms with E-state index in [1.54, 1.807) is 0 Å². The number of carbonyl (C=O) groups excluding carboxylic acids is 2. The third-order valence-electron chi connectivity index (χ3n) is 6.27. The van der Waals surface area contributed by atoms with Crippen molar-refractivity contribution in [1.82, 2.24) is 10.3 Å². The largest absolute Gasteiger partial charge is 0.494 e. The van der Waals surface area contributed by atoms with E-state index in [0.29, 0.717) is 18.8 Å². The van der Waals surface area contributed by atoms with Crippen LogP contribution in [0.3, 0.4) is 0 Å². The van der Waals surface area contributed by atoms with E-state index in [9.17, 15) is 9.59 Å². The first-order valence-corrected chi connectivity index (χ1v) is 12.5. The Morgan fingerprint density at radius 3 is 2.46 bits per heavy atom. The first kappa shape index (κ1) is 24.5. The highest BCUT2D eigenvalue weighted by atomic mass is 16.5. The molecule has 0 unspecified atom stereocenters. The summed E-state index contributed by atoms with van der Waals surface area (Å²) >= 11 is 0. The summed E-state index contributed by atoms with van der Waals surface area (Å²) in [5, 5.41) is 6.80. The predicted octanol–water partition coefficient (Wildman–Crippen LogP) is 4.97. The number of fused-ring (bicyclic) bond motifs is 1. The van der Waals surface area contributed by atoms with Crippen molar-refractivity contribution >= 4 is 34.2 Å². The third-order valence-corrected chi connectivity index (χ3v) is 6.27. The molecule has 0 bridgehead atoms. The topological polar surface area (TPSA) is 83.6 Å². The Balaban J connectivity index is 1.27. The van der Waals surface area contributed by atoms with E-state index in [2.05, 4.69) is 28.5 Å². The minimum atomic E-state index is -0.184. The van der Waals surface area contributed by atoms with Gasteiger partial charge in [0.25, 0.3) is 0 Å². The molecule has 2 heterocycles. The Morgan fingerprint density at radius 2 is 1.71 bits per heavy atom. The van der Waals surface area contributed by atoms with E-state index in [1.807, 2.05) is 49.4 Å². The highest BCUT2D eigenvalue weighted by Crippen LogP contribution is 2.27. The molecule has 1 fully saturated rings. The van der Waals surface area contributed by atoms with Gasteiger partial charge >= 0.3 is 0 Å². The van der Waals surface area contributed by atoms with Gasteiger partial charge in [0.05, 0.1) is 12.1 Å². The monoisotopic (exact) mass is 474 g/mol. The van der Waals surface area contributed by atoms with Gasteiger partial charge in [0.1, 0.15) is 11.6 Å². The fraction of sp³-hybridized carbons (Fsp3) is 0.393. The number of ether oxygens (including phenoxy) is 1.